The molecule has 0 unspecified atom stereocenters. The molecule has 0 fully saturated rings. The maximum Gasteiger partial charge on any atom is 0.416 e. The van der Waals surface area contributed by atoms with Gasteiger partial charge in [0.25, 0.3) is 0 Å². The minimum absolute atomic E-state index is 0.0813. The van der Waals surface area contributed by atoms with Crippen LogP contribution in [0.4, 0.5) is 13.2 Å². The summed E-state index contributed by atoms with van der Waals surface area (Å²) >= 11 is 2.49. The van der Waals surface area contributed by atoms with E-state index in [1.807, 2.05) is 54.6 Å². The van der Waals surface area contributed by atoms with Gasteiger partial charge in [0.05, 0.1) is 28.0 Å². The number of hydrogen-bond acceptors (Lipinski definition) is 5. The zero-order valence-electron chi connectivity index (χ0n) is 17.6. The lowest BCUT2D eigenvalue weighted by Crippen LogP contribution is -2.17. The average Bonchev–Trinajstić information content (AvgIpc) is 3.38. The highest BCUT2D eigenvalue weighted by Gasteiger charge is 2.31. The highest BCUT2D eigenvalue weighted by molar-refractivity contribution is 7.98. The van der Waals surface area contributed by atoms with Gasteiger partial charge in [0.2, 0.25) is 0 Å². The quantitative estimate of drug-likeness (QED) is 0.269. The summed E-state index contributed by atoms with van der Waals surface area (Å²) < 4.78 is 44.3. The van der Waals surface area contributed by atoms with E-state index in [9.17, 15) is 18.0 Å². The van der Waals surface area contributed by atoms with Crippen molar-refractivity contribution in [2.75, 3.05) is 0 Å². The van der Waals surface area contributed by atoms with Crippen molar-refractivity contribution in [2.45, 2.75) is 23.6 Å². The van der Waals surface area contributed by atoms with Gasteiger partial charge in [-0.3, -0.25) is 13.9 Å². The molecule has 0 amide bonds. The Morgan fingerprint density at radius 1 is 0.912 bits per heavy atom. The fraction of sp³-hybridized carbons (Fsp3) is 0.125. The number of thioether (sulfide) groups is 1. The number of aromatic nitrogens is 4. The smallest absolute Gasteiger partial charge is 0.291 e. The molecule has 0 spiro atoms. The molecule has 0 atom stereocenters. The van der Waals surface area contributed by atoms with Crippen molar-refractivity contribution in [1.29, 1.82) is 0 Å². The van der Waals surface area contributed by atoms with Crippen molar-refractivity contribution in [1.82, 2.24) is 19.3 Å². The second-order valence-electron chi connectivity index (χ2n) is 7.48. The van der Waals surface area contributed by atoms with Gasteiger partial charge in [-0.05, 0) is 35.9 Å². The van der Waals surface area contributed by atoms with Crippen LogP contribution in [0, 0.1) is 0 Å². The van der Waals surface area contributed by atoms with E-state index in [1.54, 1.807) is 15.2 Å². The van der Waals surface area contributed by atoms with Gasteiger partial charge in [-0.15, -0.1) is 10.2 Å². The SMILES string of the molecule is O=c1sc2ccccc2n1Cc1nnc(SCc2ccccc2)n1-c1cccc(C(F)(F)F)c1. The van der Waals surface area contributed by atoms with Crippen LogP contribution < -0.4 is 4.87 Å². The zero-order valence-corrected chi connectivity index (χ0v) is 19.2. The number of rotatable bonds is 6. The first-order chi connectivity index (χ1) is 16.4. The molecule has 0 aliphatic rings. The maximum absolute atomic E-state index is 13.4. The first kappa shape index (κ1) is 22.4. The van der Waals surface area contributed by atoms with Crippen LogP contribution in [0.15, 0.2) is 88.8 Å². The van der Waals surface area contributed by atoms with Crippen molar-refractivity contribution in [3.8, 4) is 5.69 Å². The summed E-state index contributed by atoms with van der Waals surface area (Å²) in [6.07, 6.45) is -4.48. The molecule has 0 saturated heterocycles. The van der Waals surface area contributed by atoms with Crippen LogP contribution in [0.5, 0.6) is 0 Å². The zero-order chi connectivity index (χ0) is 23.7. The minimum atomic E-state index is -4.48. The summed E-state index contributed by atoms with van der Waals surface area (Å²) in [5, 5.41) is 9.00. The fourth-order valence-electron chi connectivity index (χ4n) is 3.60. The van der Waals surface area contributed by atoms with Crippen LogP contribution >= 0.6 is 23.1 Å². The van der Waals surface area contributed by atoms with Crippen molar-refractivity contribution < 1.29 is 13.2 Å². The van der Waals surface area contributed by atoms with E-state index < -0.39 is 11.7 Å². The Kier molecular flexibility index (Phi) is 6.01. The van der Waals surface area contributed by atoms with Crippen LogP contribution in [-0.4, -0.2) is 19.3 Å². The van der Waals surface area contributed by atoms with Crippen LogP contribution in [0.2, 0.25) is 0 Å². The van der Waals surface area contributed by atoms with Gasteiger partial charge >= 0.3 is 11.0 Å². The van der Waals surface area contributed by atoms with Crippen LogP contribution in [-0.2, 0) is 18.5 Å². The number of thiazole rings is 1. The Labute approximate surface area is 200 Å². The number of alkyl halides is 3. The average molecular weight is 499 g/mol. The molecule has 5 nitrogen and oxygen atoms in total. The fourth-order valence-corrected chi connectivity index (χ4v) is 5.42. The first-order valence-corrected chi connectivity index (χ1v) is 12.1. The molecular formula is C24H17F3N4OS2. The lowest BCUT2D eigenvalue weighted by Gasteiger charge is -2.13. The molecule has 0 aliphatic carbocycles. The Morgan fingerprint density at radius 2 is 1.68 bits per heavy atom. The molecule has 172 valence electrons. The topological polar surface area (TPSA) is 52.7 Å². The van der Waals surface area contributed by atoms with Gasteiger partial charge in [-0.1, -0.05) is 71.6 Å². The summed E-state index contributed by atoms with van der Waals surface area (Å²) in [5.74, 6) is 0.944. The monoisotopic (exact) mass is 498 g/mol. The van der Waals surface area contributed by atoms with Gasteiger partial charge in [0.15, 0.2) is 11.0 Å². The third kappa shape index (κ3) is 4.51. The van der Waals surface area contributed by atoms with Crippen molar-refractivity contribution in [3.05, 3.63) is 105 Å². The molecular weight excluding hydrogens is 481 g/mol. The Bertz CT molecular complexity index is 1510. The molecule has 0 radical (unpaired) electrons. The lowest BCUT2D eigenvalue weighted by molar-refractivity contribution is -0.137. The number of para-hydroxylation sites is 1. The summed E-state index contributed by atoms with van der Waals surface area (Å²) in [5.41, 5.74) is 1.32. The lowest BCUT2D eigenvalue weighted by atomic mass is 10.2. The molecule has 3 aromatic carbocycles. The van der Waals surface area contributed by atoms with Crippen molar-refractivity contribution in [2.24, 2.45) is 0 Å². The third-order valence-corrected chi connectivity index (χ3v) is 7.18. The molecule has 0 aliphatic heterocycles. The molecule has 0 saturated carbocycles. The molecule has 2 heterocycles. The van der Waals surface area contributed by atoms with E-state index in [1.165, 1.54) is 17.8 Å². The number of nitrogens with zero attached hydrogens (tertiary/aromatic N) is 4. The van der Waals surface area contributed by atoms with E-state index in [4.69, 9.17) is 0 Å². The van der Waals surface area contributed by atoms with Gasteiger partial charge in [0.1, 0.15) is 0 Å². The van der Waals surface area contributed by atoms with E-state index in [2.05, 4.69) is 10.2 Å². The molecule has 0 bridgehead atoms. The predicted octanol–water partition coefficient (Wildman–Crippen LogP) is 6.00. The van der Waals surface area contributed by atoms with E-state index in [-0.39, 0.29) is 17.1 Å². The highest BCUT2D eigenvalue weighted by atomic mass is 32.2. The van der Waals surface area contributed by atoms with Gasteiger partial charge < -0.3 is 0 Å². The van der Waals surface area contributed by atoms with Crippen LogP contribution in [0.25, 0.3) is 15.9 Å². The molecule has 34 heavy (non-hydrogen) atoms. The normalized spacial score (nSPS) is 11.9. The summed E-state index contributed by atoms with van der Waals surface area (Å²) in [6.45, 7) is 0.0813. The number of halogens is 3. The van der Waals surface area contributed by atoms with Crippen molar-refractivity contribution in [3.63, 3.8) is 0 Å². The van der Waals surface area contributed by atoms with Crippen molar-refractivity contribution >= 4 is 33.3 Å². The van der Waals surface area contributed by atoms with Gasteiger partial charge in [-0.25, -0.2) is 0 Å². The Hall–Kier alpha value is -3.37. The summed E-state index contributed by atoms with van der Waals surface area (Å²) in [7, 11) is 0. The predicted molar refractivity (Wildman–Crippen MR) is 128 cm³/mol. The Morgan fingerprint density at radius 3 is 2.47 bits per heavy atom. The van der Waals surface area contributed by atoms with Crippen LogP contribution in [0.1, 0.15) is 17.0 Å². The number of benzene rings is 3. The van der Waals surface area contributed by atoms with Crippen LogP contribution in [0.3, 0.4) is 0 Å². The van der Waals surface area contributed by atoms with E-state index >= 15 is 0 Å². The van der Waals surface area contributed by atoms with E-state index in [0.717, 1.165) is 39.2 Å². The first-order valence-electron chi connectivity index (χ1n) is 10.3. The molecule has 2 aromatic heterocycles. The van der Waals surface area contributed by atoms with Gasteiger partial charge in [0, 0.05) is 5.75 Å². The second kappa shape index (κ2) is 9.11. The molecule has 0 N–H and O–H groups in total. The standard InChI is InChI=1S/C24H17F3N4OS2/c25-24(26,27)17-9-6-10-18(13-17)31-21(14-30-19-11-4-5-12-20(19)34-23(30)32)28-29-22(31)33-15-16-7-2-1-3-8-16/h1-13H,14-15H2. The summed E-state index contributed by atoms with van der Waals surface area (Å²) in [4.78, 5) is 12.5. The maximum atomic E-state index is 13.4. The molecule has 10 heteroatoms. The van der Waals surface area contributed by atoms with E-state index in [0.29, 0.717) is 16.7 Å². The molecule has 5 aromatic rings. The number of fused-ring (bicyclic) bond motifs is 1. The summed E-state index contributed by atoms with van der Waals surface area (Å²) in [6, 6.07) is 22.1. The molecule has 5 rings (SSSR count). The second-order valence-corrected chi connectivity index (χ2v) is 9.41. The Balaban J connectivity index is 1.58. The third-order valence-electron chi connectivity index (χ3n) is 5.22. The number of hydrogen-bond donors (Lipinski definition) is 0. The minimum Gasteiger partial charge on any atom is -0.291 e. The largest absolute Gasteiger partial charge is 0.416 e. The highest BCUT2D eigenvalue weighted by Crippen LogP contribution is 2.32. The van der Waals surface area contributed by atoms with Gasteiger partial charge in [-0.2, -0.15) is 13.2 Å².